The second-order valence-corrected chi connectivity index (χ2v) is 7.23. The average Bonchev–Trinajstić information content (AvgIpc) is 3.31. The maximum Gasteiger partial charge on any atom is 0.320 e. The predicted octanol–water partition coefficient (Wildman–Crippen LogP) is 2.76. The van der Waals surface area contributed by atoms with Gasteiger partial charge >= 0.3 is 6.03 Å². The summed E-state index contributed by atoms with van der Waals surface area (Å²) in [6.07, 6.45) is 5.14. The van der Waals surface area contributed by atoms with Crippen LogP contribution in [-0.2, 0) is 6.54 Å². The van der Waals surface area contributed by atoms with Crippen LogP contribution in [0.3, 0.4) is 0 Å². The maximum absolute atomic E-state index is 14.6. The van der Waals surface area contributed by atoms with Gasteiger partial charge in [0.25, 0.3) is 0 Å². The van der Waals surface area contributed by atoms with E-state index in [4.69, 9.17) is 0 Å². The molecule has 0 spiro atoms. The van der Waals surface area contributed by atoms with Crippen molar-refractivity contribution in [1.82, 2.24) is 30.0 Å². The van der Waals surface area contributed by atoms with Crippen molar-refractivity contribution >= 4 is 17.5 Å². The number of carbonyl (C=O) groups is 1. The topological polar surface area (TPSA) is 91.2 Å². The number of hydrogen-bond donors (Lipinski definition) is 2. The lowest BCUT2D eigenvalue weighted by atomic mass is 10.2. The zero-order valence-corrected chi connectivity index (χ0v) is 17.3. The second-order valence-electron chi connectivity index (χ2n) is 7.23. The first-order valence-electron chi connectivity index (χ1n) is 10.3. The average molecular weight is 429 g/mol. The highest BCUT2D eigenvalue weighted by molar-refractivity contribution is 5.88. The van der Waals surface area contributed by atoms with Crippen molar-refractivity contribution in [2.75, 3.05) is 42.9 Å². The predicted molar refractivity (Wildman–Crippen MR) is 120 cm³/mol. The molecule has 31 heavy (non-hydrogen) atoms. The number of anilines is 2. The van der Waals surface area contributed by atoms with Crippen LogP contribution in [0.15, 0.2) is 48.9 Å². The maximum atomic E-state index is 14.6. The van der Waals surface area contributed by atoms with Gasteiger partial charge in [-0.15, -0.1) is 0 Å². The van der Waals surface area contributed by atoms with Crippen molar-refractivity contribution in [3.8, 4) is 5.82 Å². The fourth-order valence-electron chi connectivity index (χ4n) is 3.50. The van der Waals surface area contributed by atoms with Crippen molar-refractivity contribution in [3.63, 3.8) is 0 Å². The lowest BCUT2D eigenvalue weighted by molar-refractivity contribution is 0.248. The van der Waals surface area contributed by atoms with Crippen molar-refractivity contribution in [2.24, 2.45) is 0 Å². The summed E-state index contributed by atoms with van der Waals surface area (Å²) in [7, 11) is 0. The summed E-state index contributed by atoms with van der Waals surface area (Å²) < 4.78 is 16.1. The normalized spacial score (nSPS) is 14.5. The molecule has 3 aromatic rings. The molecule has 1 fully saturated rings. The van der Waals surface area contributed by atoms with Crippen LogP contribution in [0.5, 0.6) is 0 Å². The molecule has 9 nitrogen and oxygen atoms in total. The molecule has 1 saturated heterocycles. The summed E-state index contributed by atoms with van der Waals surface area (Å²) in [5, 5.41) is 9.44. The number of pyridine rings is 2. The molecule has 0 radical (unpaired) electrons. The van der Waals surface area contributed by atoms with Crippen LogP contribution in [-0.4, -0.2) is 63.4 Å². The number of halogens is 1. The van der Waals surface area contributed by atoms with E-state index >= 15 is 0 Å². The Morgan fingerprint density at radius 1 is 1.19 bits per heavy atom. The molecule has 0 atom stereocenters. The molecule has 0 aliphatic carbocycles. The van der Waals surface area contributed by atoms with E-state index in [0.29, 0.717) is 37.0 Å². The minimum Gasteiger partial charge on any atom is -0.365 e. The molecule has 0 unspecified atom stereocenters. The first kappa shape index (κ1) is 20.7. The molecule has 2 amide bonds. The lowest BCUT2D eigenvalue weighted by Crippen LogP contribution is -2.46. The molecule has 0 bridgehead atoms. The molecule has 1 aliphatic heterocycles. The summed E-state index contributed by atoms with van der Waals surface area (Å²) in [5.74, 6) is 0.490. The van der Waals surface area contributed by atoms with Crippen molar-refractivity contribution in [1.29, 1.82) is 0 Å². The Hall–Kier alpha value is -3.53. The Balaban J connectivity index is 0.00000193. The van der Waals surface area contributed by atoms with E-state index in [1.54, 1.807) is 42.9 Å². The highest BCUT2D eigenvalue weighted by Gasteiger charge is 2.21. The summed E-state index contributed by atoms with van der Waals surface area (Å²) in [6.45, 7) is 6.20. The van der Waals surface area contributed by atoms with Crippen LogP contribution >= 0.6 is 0 Å². The van der Waals surface area contributed by atoms with Gasteiger partial charge in [-0.2, -0.15) is 14.5 Å². The quantitative estimate of drug-likeness (QED) is 0.587. The second kappa shape index (κ2) is 9.52. The Bertz CT molecular complexity index is 1010. The molecule has 10 heteroatoms. The first-order chi connectivity index (χ1) is 15.1. The van der Waals surface area contributed by atoms with Gasteiger partial charge in [0.2, 0.25) is 5.95 Å². The lowest BCUT2D eigenvalue weighted by Gasteiger charge is -2.36. The van der Waals surface area contributed by atoms with Crippen LogP contribution in [0.1, 0.15) is 15.3 Å². The molecule has 4 rings (SSSR count). The highest BCUT2D eigenvalue weighted by atomic mass is 19.1. The molecule has 0 aromatic carbocycles. The van der Waals surface area contributed by atoms with E-state index in [0.717, 1.165) is 25.2 Å². The van der Waals surface area contributed by atoms with E-state index in [1.165, 1.54) is 4.68 Å². The van der Waals surface area contributed by atoms with E-state index in [2.05, 4.69) is 30.6 Å². The van der Waals surface area contributed by atoms with Gasteiger partial charge in [0.05, 0.1) is 5.69 Å². The molecule has 2 N–H and O–H groups in total. The Morgan fingerprint density at radius 2 is 2.03 bits per heavy atom. The summed E-state index contributed by atoms with van der Waals surface area (Å²) in [6, 6.07) is 8.80. The molecule has 0 saturated carbocycles. The van der Waals surface area contributed by atoms with Gasteiger partial charge in [0, 0.05) is 60.7 Å². The summed E-state index contributed by atoms with van der Waals surface area (Å²) in [5.41, 5.74) is 1.57. The van der Waals surface area contributed by atoms with Crippen molar-refractivity contribution in [2.45, 2.75) is 13.5 Å². The Morgan fingerprint density at radius 3 is 2.68 bits per heavy atom. The number of nitrogens with one attached hydrogen (secondary N) is 2. The molecule has 4 heterocycles. The van der Waals surface area contributed by atoms with Gasteiger partial charge in [0.15, 0.2) is 5.82 Å². The van der Waals surface area contributed by atoms with Crippen molar-refractivity contribution < 1.29 is 12.0 Å². The largest absolute Gasteiger partial charge is 0.365 e. The van der Waals surface area contributed by atoms with Gasteiger partial charge in [0.1, 0.15) is 5.82 Å². The Kier molecular flexibility index (Phi) is 6.37. The van der Waals surface area contributed by atoms with Gasteiger partial charge in [-0.05, 0) is 36.8 Å². The minimum absolute atomic E-state index is 0. The van der Waals surface area contributed by atoms with Crippen LogP contribution in [0, 0.1) is 5.95 Å². The molecule has 3 aromatic heterocycles. The van der Waals surface area contributed by atoms with Crippen LogP contribution in [0.2, 0.25) is 0 Å². The third-order valence-electron chi connectivity index (χ3n) is 5.08. The number of rotatable bonds is 6. The standard InChI is InChI=1S/C21H25FN8O.2H2/c1-2-23-21(31)26-18-6-4-16(14-24-18)15-28-10-12-29(13-11-28)17-5-7-19(27-20(17)22)30-9-3-8-25-30;;/h3-9,14H,2,10-13,15H2,1H3,(H2,23,24,26,31);2*1H. The van der Waals surface area contributed by atoms with Crippen LogP contribution in [0.25, 0.3) is 5.82 Å². The number of nitrogens with zero attached hydrogens (tertiary/aromatic N) is 6. The smallest absolute Gasteiger partial charge is 0.320 e. The highest BCUT2D eigenvalue weighted by Crippen LogP contribution is 2.21. The van der Waals surface area contributed by atoms with Gasteiger partial charge < -0.3 is 10.2 Å². The van der Waals surface area contributed by atoms with E-state index in [9.17, 15) is 9.18 Å². The zero-order chi connectivity index (χ0) is 21.6. The third-order valence-corrected chi connectivity index (χ3v) is 5.08. The van der Waals surface area contributed by atoms with Gasteiger partial charge in [-0.1, -0.05) is 6.07 Å². The van der Waals surface area contributed by atoms with E-state index < -0.39 is 5.95 Å². The van der Waals surface area contributed by atoms with Crippen LogP contribution in [0.4, 0.5) is 20.7 Å². The van der Waals surface area contributed by atoms with Crippen LogP contribution < -0.4 is 15.5 Å². The first-order valence-corrected chi connectivity index (χ1v) is 10.3. The van der Waals surface area contributed by atoms with E-state index in [-0.39, 0.29) is 8.88 Å². The number of aromatic nitrogens is 4. The number of hydrogen-bond acceptors (Lipinski definition) is 6. The number of amides is 2. The molecular formula is C21H29FN8O. The fourth-order valence-corrected chi connectivity index (χ4v) is 3.50. The molecular weight excluding hydrogens is 399 g/mol. The van der Waals surface area contributed by atoms with Gasteiger partial charge in [-0.3, -0.25) is 10.2 Å². The molecule has 166 valence electrons. The number of carbonyl (C=O) groups excluding carboxylic acids is 1. The summed E-state index contributed by atoms with van der Waals surface area (Å²) in [4.78, 5) is 24.2. The SMILES string of the molecule is CCNC(=O)Nc1ccc(CN2CCN(c3ccc(-n4cccn4)nc3F)CC2)cn1.[HH].[HH]. The van der Waals surface area contributed by atoms with Gasteiger partial charge in [-0.25, -0.2) is 14.5 Å². The Labute approximate surface area is 182 Å². The zero-order valence-electron chi connectivity index (χ0n) is 17.3. The minimum atomic E-state index is -0.485. The fraction of sp³-hybridized carbons (Fsp3) is 0.333. The number of piperazine rings is 1. The summed E-state index contributed by atoms with van der Waals surface area (Å²) >= 11 is 0. The molecule has 1 aliphatic rings. The number of urea groups is 1. The van der Waals surface area contributed by atoms with Crippen molar-refractivity contribution in [3.05, 3.63) is 60.4 Å². The third kappa shape index (κ3) is 5.15. The van der Waals surface area contributed by atoms with E-state index in [1.807, 2.05) is 17.9 Å². The monoisotopic (exact) mass is 428 g/mol.